The van der Waals surface area contributed by atoms with Crippen LogP contribution in [-0.2, 0) is 11.2 Å². The number of benzene rings is 1. The Morgan fingerprint density at radius 3 is 2.78 bits per heavy atom. The molecule has 3 heteroatoms. The van der Waals surface area contributed by atoms with Crippen molar-refractivity contribution in [3.8, 4) is 0 Å². The van der Waals surface area contributed by atoms with Crippen LogP contribution in [0.1, 0.15) is 25.3 Å². The van der Waals surface area contributed by atoms with Gasteiger partial charge >= 0.3 is 0 Å². The van der Waals surface area contributed by atoms with Crippen LogP contribution in [0.25, 0.3) is 0 Å². The van der Waals surface area contributed by atoms with Gasteiger partial charge in [-0.15, -0.1) is 6.58 Å². The van der Waals surface area contributed by atoms with Gasteiger partial charge in [0.05, 0.1) is 0 Å². The fraction of sp³-hybridized carbons (Fsp3) is 0.400. The van der Waals surface area contributed by atoms with Gasteiger partial charge in [0.25, 0.3) is 0 Å². The molecule has 0 radical (unpaired) electrons. The molecule has 0 aliphatic rings. The molecule has 1 rings (SSSR count). The molecule has 0 fully saturated rings. The van der Waals surface area contributed by atoms with Crippen LogP contribution in [0.2, 0.25) is 0 Å². The highest BCUT2D eigenvalue weighted by Gasteiger charge is 2.11. The molecule has 0 saturated carbocycles. The number of aryl methyl sites for hydroxylation is 1. The highest BCUT2D eigenvalue weighted by molar-refractivity contribution is 5.76. The molecule has 0 bridgehead atoms. The van der Waals surface area contributed by atoms with Crippen molar-refractivity contribution in [2.45, 2.75) is 26.2 Å². The van der Waals surface area contributed by atoms with E-state index in [1.54, 1.807) is 6.08 Å². The molecule has 0 aromatic heterocycles. The Hall–Kier alpha value is -1.77. The number of nitrogen functional groups attached to an aromatic ring is 1. The zero-order valence-electron chi connectivity index (χ0n) is 11.1. The molecule has 0 heterocycles. The van der Waals surface area contributed by atoms with E-state index in [1.807, 2.05) is 29.2 Å². The minimum absolute atomic E-state index is 0.167. The monoisotopic (exact) mass is 246 g/mol. The standard InChI is InChI=1S/C15H22N2O/c1-3-11-17(12-4-2)15(18)10-9-13-7-5-6-8-14(13)16/h3,5-8H,1,4,9-12,16H2,2H3. The van der Waals surface area contributed by atoms with E-state index in [2.05, 4.69) is 13.5 Å². The Morgan fingerprint density at radius 2 is 2.17 bits per heavy atom. The number of carbonyl (C=O) groups is 1. The zero-order valence-corrected chi connectivity index (χ0v) is 11.1. The summed E-state index contributed by atoms with van der Waals surface area (Å²) in [6.45, 7) is 7.16. The predicted octanol–water partition coefficient (Wildman–Crippen LogP) is 2.63. The summed E-state index contributed by atoms with van der Waals surface area (Å²) in [6, 6.07) is 7.69. The first-order valence-electron chi connectivity index (χ1n) is 6.41. The molecule has 0 atom stereocenters. The normalized spacial score (nSPS) is 10.1. The summed E-state index contributed by atoms with van der Waals surface area (Å²) < 4.78 is 0. The quantitative estimate of drug-likeness (QED) is 0.594. The summed E-state index contributed by atoms with van der Waals surface area (Å²) in [5, 5.41) is 0. The van der Waals surface area contributed by atoms with Crippen molar-refractivity contribution in [3.63, 3.8) is 0 Å². The molecule has 1 aromatic carbocycles. The third-order valence-electron chi connectivity index (χ3n) is 2.86. The number of nitrogens with zero attached hydrogens (tertiary/aromatic N) is 1. The zero-order chi connectivity index (χ0) is 13.4. The highest BCUT2D eigenvalue weighted by Crippen LogP contribution is 2.13. The first-order chi connectivity index (χ1) is 8.69. The minimum Gasteiger partial charge on any atom is -0.399 e. The lowest BCUT2D eigenvalue weighted by Gasteiger charge is -2.20. The van der Waals surface area contributed by atoms with E-state index < -0.39 is 0 Å². The molecular weight excluding hydrogens is 224 g/mol. The number of hydrogen-bond donors (Lipinski definition) is 1. The third kappa shape index (κ3) is 4.24. The van der Waals surface area contributed by atoms with Crippen LogP contribution < -0.4 is 5.73 Å². The second-order valence-corrected chi connectivity index (χ2v) is 4.33. The van der Waals surface area contributed by atoms with Crippen molar-refractivity contribution in [2.75, 3.05) is 18.8 Å². The lowest BCUT2D eigenvalue weighted by molar-refractivity contribution is -0.130. The molecule has 98 valence electrons. The number of hydrogen-bond acceptors (Lipinski definition) is 2. The molecule has 1 aromatic rings. The fourth-order valence-corrected chi connectivity index (χ4v) is 1.91. The molecular formula is C15H22N2O. The number of rotatable bonds is 7. The van der Waals surface area contributed by atoms with Gasteiger partial charge < -0.3 is 10.6 Å². The first-order valence-corrected chi connectivity index (χ1v) is 6.41. The van der Waals surface area contributed by atoms with E-state index >= 15 is 0 Å². The van der Waals surface area contributed by atoms with Crippen molar-refractivity contribution < 1.29 is 4.79 Å². The average Bonchev–Trinajstić information content (AvgIpc) is 2.37. The number of para-hydroxylation sites is 1. The van der Waals surface area contributed by atoms with Crippen LogP contribution in [0.3, 0.4) is 0 Å². The molecule has 1 amide bonds. The second kappa shape index (κ2) is 7.54. The maximum Gasteiger partial charge on any atom is 0.223 e. The molecule has 0 aliphatic carbocycles. The Bertz CT molecular complexity index is 401. The maximum absolute atomic E-state index is 12.0. The smallest absolute Gasteiger partial charge is 0.223 e. The maximum atomic E-state index is 12.0. The van der Waals surface area contributed by atoms with Gasteiger partial charge in [-0.3, -0.25) is 4.79 Å². The highest BCUT2D eigenvalue weighted by atomic mass is 16.2. The van der Waals surface area contributed by atoms with Crippen LogP contribution in [0.4, 0.5) is 5.69 Å². The first kappa shape index (κ1) is 14.3. The van der Waals surface area contributed by atoms with Crippen molar-refractivity contribution in [2.24, 2.45) is 0 Å². The number of nitrogens with two attached hydrogens (primary N) is 1. The van der Waals surface area contributed by atoms with E-state index in [0.29, 0.717) is 19.4 Å². The summed E-state index contributed by atoms with van der Waals surface area (Å²) in [5.41, 5.74) is 7.66. The van der Waals surface area contributed by atoms with Crippen LogP contribution >= 0.6 is 0 Å². The van der Waals surface area contributed by atoms with E-state index in [1.165, 1.54) is 0 Å². The summed E-state index contributed by atoms with van der Waals surface area (Å²) in [5.74, 6) is 0.167. The fourth-order valence-electron chi connectivity index (χ4n) is 1.91. The van der Waals surface area contributed by atoms with Crippen molar-refractivity contribution in [3.05, 3.63) is 42.5 Å². The molecule has 3 nitrogen and oxygen atoms in total. The molecule has 0 spiro atoms. The summed E-state index contributed by atoms with van der Waals surface area (Å²) in [4.78, 5) is 13.9. The Morgan fingerprint density at radius 1 is 1.44 bits per heavy atom. The average molecular weight is 246 g/mol. The van der Waals surface area contributed by atoms with E-state index in [9.17, 15) is 4.79 Å². The van der Waals surface area contributed by atoms with Crippen LogP contribution in [0.5, 0.6) is 0 Å². The molecule has 0 unspecified atom stereocenters. The van der Waals surface area contributed by atoms with Gasteiger partial charge in [0.15, 0.2) is 0 Å². The Labute approximate surface area is 109 Å². The molecule has 2 N–H and O–H groups in total. The lowest BCUT2D eigenvalue weighted by atomic mass is 10.1. The summed E-state index contributed by atoms with van der Waals surface area (Å²) >= 11 is 0. The van der Waals surface area contributed by atoms with Gasteiger partial charge in [-0.25, -0.2) is 0 Å². The van der Waals surface area contributed by atoms with Crippen molar-refractivity contribution in [1.82, 2.24) is 4.90 Å². The van der Waals surface area contributed by atoms with E-state index in [0.717, 1.165) is 24.2 Å². The van der Waals surface area contributed by atoms with Gasteiger partial charge in [0.1, 0.15) is 0 Å². The van der Waals surface area contributed by atoms with Gasteiger partial charge in [0, 0.05) is 25.2 Å². The molecule has 18 heavy (non-hydrogen) atoms. The van der Waals surface area contributed by atoms with Crippen molar-refractivity contribution >= 4 is 11.6 Å². The molecule has 0 saturated heterocycles. The third-order valence-corrected chi connectivity index (χ3v) is 2.86. The van der Waals surface area contributed by atoms with Crippen molar-refractivity contribution in [1.29, 1.82) is 0 Å². The minimum atomic E-state index is 0.167. The van der Waals surface area contributed by atoms with Crippen LogP contribution in [-0.4, -0.2) is 23.9 Å². The largest absolute Gasteiger partial charge is 0.399 e. The Kier molecular flexibility index (Phi) is 5.98. The molecule has 0 aliphatic heterocycles. The summed E-state index contributed by atoms with van der Waals surface area (Å²) in [6.07, 6.45) is 3.93. The van der Waals surface area contributed by atoms with E-state index in [4.69, 9.17) is 5.73 Å². The van der Waals surface area contributed by atoms with Gasteiger partial charge in [-0.1, -0.05) is 31.2 Å². The van der Waals surface area contributed by atoms with Gasteiger partial charge in [-0.2, -0.15) is 0 Å². The van der Waals surface area contributed by atoms with Gasteiger partial charge in [0.2, 0.25) is 5.91 Å². The van der Waals surface area contributed by atoms with Gasteiger partial charge in [-0.05, 0) is 24.5 Å². The number of amides is 1. The number of carbonyl (C=O) groups excluding carboxylic acids is 1. The van der Waals surface area contributed by atoms with Crippen LogP contribution in [0, 0.1) is 0 Å². The van der Waals surface area contributed by atoms with E-state index in [-0.39, 0.29) is 5.91 Å². The Balaban J connectivity index is 2.53. The SMILES string of the molecule is C=CCN(CCC)C(=O)CCc1ccccc1N. The lowest BCUT2D eigenvalue weighted by Crippen LogP contribution is -2.32. The van der Waals surface area contributed by atoms with Crippen LogP contribution in [0.15, 0.2) is 36.9 Å². The topological polar surface area (TPSA) is 46.3 Å². The predicted molar refractivity (Wildman–Crippen MR) is 76.2 cm³/mol. The number of anilines is 1. The summed E-state index contributed by atoms with van der Waals surface area (Å²) in [7, 11) is 0. The second-order valence-electron chi connectivity index (χ2n) is 4.33.